The van der Waals surface area contributed by atoms with Crippen molar-refractivity contribution in [1.82, 2.24) is 9.78 Å². The van der Waals surface area contributed by atoms with Crippen molar-refractivity contribution in [2.24, 2.45) is 0 Å². The molecule has 1 amide bonds. The molecule has 0 radical (unpaired) electrons. The monoisotopic (exact) mass is 286 g/mol. The Kier molecular flexibility index (Phi) is 4.98. The van der Waals surface area contributed by atoms with Crippen LogP contribution in [0.2, 0.25) is 0 Å². The van der Waals surface area contributed by atoms with Gasteiger partial charge in [0, 0.05) is 42.6 Å². The lowest BCUT2D eigenvalue weighted by Crippen LogP contribution is -2.10. The van der Waals surface area contributed by atoms with Crippen molar-refractivity contribution in [2.75, 3.05) is 10.6 Å². The average molecular weight is 286 g/mol. The van der Waals surface area contributed by atoms with Gasteiger partial charge in [0.1, 0.15) is 0 Å². The predicted octanol–water partition coefficient (Wildman–Crippen LogP) is 3.17. The molecule has 0 fully saturated rings. The van der Waals surface area contributed by atoms with E-state index in [1.165, 1.54) is 0 Å². The van der Waals surface area contributed by atoms with Crippen molar-refractivity contribution < 1.29 is 4.79 Å². The number of benzene rings is 1. The Morgan fingerprint density at radius 1 is 1.33 bits per heavy atom. The van der Waals surface area contributed by atoms with E-state index in [0.717, 1.165) is 29.0 Å². The molecular formula is C16H22N4O. The standard InChI is InChI=1S/C16H22N4O/c1-4-16(21)19-14-7-6-12(3)15(8-14)17-9-13-10-18-20(5-2)11-13/h6-8,10-11,17H,4-5,9H2,1-3H3,(H,19,21). The fourth-order valence-electron chi connectivity index (χ4n) is 2.01. The highest BCUT2D eigenvalue weighted by Gasteiger charge is 2.04. The van der Waals surface area contributed by atoms with Gasteiger partial charge in [-0.1, -0.05) is 13.0 Å². The normalized spacial score (nSPS) is 10.4. The molecule has 0 bridgehead atoms. The number of aromatic nitrogens is 2. The van der Waals surface area contributed by atoms with Crippen LogP contribution < -0.4 is 10.6 Å². The Bertz CT molecular complexity index is 618. The van der Waals surface area contributed by atoms with Crippen LogP contribution in [-0.2, 0) is 17.9 Å². The van der Waals surface area contributed by atoms with Crippen LogP contribution in [0.3, 0.4) is 0 Å². The molecular weight excluding hydrogens is 264 g/mol. The molecule has 0 unspecified atom stereocenters. The molecule has 5 heteroatoms. The topological polar surface area (TPSA) is 59.0 Å². The first-order valence-electron chi connectivity index (χ1n) is 7.28. The Morgan fingerprint density at radius 2 is 2.14 bits per heavy atom. The number of rotatable bonds is 6. The molecule has 0 saturated heterocycles. The summed E-state index contributed by atoms with van der Waals surface area (Å²) >= 11 is 0. The minimum Gasteiger partial charge on any atom is -0.381 e. The van der Waals surface area contributed by atoms with Gasteiger partial charge in [-0.3, -0.25) is 9.48 Å². The van der Waals surface area contributed by atoms with Crippen LogP contribution in [-0.4, -0.2) is 15.7 Å². The molecule has 2 aromatic rings. The predicted molar refractivity (Wildman–Crippen MR) is 85.3 cm³/mol. The number of hydrogen-bond acceptors (Lipinski definition) is 3. The summed E-state index contributed by atoms with van der Waals surface area (Å²) in [6.45, 7) is 7.54. The summed E-state index contributed by atoms with van der Waals surface area (Å²) in [6.07, 6.45) is 4.38. The summed E-state index contributed by atoms with van der Waals surface area (Å²) in [5.74, 6) is 0.0222. The summed E-state index contributed by atoms with van der Waals surface area (Å²) in [5, 5.41) is 10.5. The summed E-state index contributed by atoms with van der Waals surface area (Å²) in [4.78, 5) is 11.5. The second-order valence-electron chi connectivity index (χ2n) is 4.99. The smallest absolute Gasteiger partial charge is 0.224 e. The van der Waals surface area contributed by atoms with Gasteiger partial charge in [0.05, 0.1) is 6.20 Å². The van der Waals surface area contributed by atoms with E-state index in [9.17, 15) is 4.79 Å². The van der Waals surface area contributed by atoms with Crippen LogP contribution >= 0.6 is 0 Å². The SMILES string of the molecule is CCC(=O)Nc1ccc(C)c(NCc2cnn(CC)c2)c1. The molecule has 2 rings (SSSR count). The van der Waals surface area contributed by atoms with Crippen LogP contribution in [0.25, 0.3) is 0 Å². The fraction of sp³-hybridized carbons (Fsp3) is 0.375. The lowest BCUT2D eigenvalue weighted by Gasteiger charge is -2.11. The Morgan fingerprint density at radius 3 is 2.81 bits per heavy atom. The van der Waals surface area contributed by atoms with Gasteiger partial charge in [-0.15, -0.1) is 0 Å². The maximum Gasteiger partial charge on any atom is 0.224 e. The molecule has 5 nitrogen and oxygen atoms in total. The molecule has 0 aliphatic heterocycles. The third-order valence-electron chi connectivity index (χ3n) is 3.34. The first-order chi connectivity index (χ1) is 10.1. The number of nitrogens with zero attached hydrogens (tertiary/aromatic N) is 2. The van der Waals surface area contributed by atoms with Crippen LogP contribution in [0.4, 0.5) is 11.4 Å². The van der Waals surface area contributed by atoms with E-state index in [1.807, 2.05) is 49.1 Å². The molecule has 1 aromatic heterocycles. The largest absolute Gasteiger partial charge is 0.381 e. The van der Waals surface area contributed by atoms with Crippen LogP contribution in [0.1, 0.15) is 31.4 Å². The van der Waals surface area contributed by atoms with E-state index in [0.29, 0.717) is 13.0 Å². The molecule has 1 heterocycles. The van der Waals surface area contributed by atoms with Crippen LogP contribution in [0, 0.1) is 6.92 Å². The van der Waals surface area contributed by atoms with Crippen LogP contribution in [0.15, 0.2) is 30.6 Å². The minimum absolute atomic E-state index is 0.0222. The van der Waals surface area contributed by atoms with Gasteiger partial charge < -0.3 is 10.6 Å². The van der Waals surface area contributed by atoms with Gasteiger partial charge in [0.25, 0.3) is 0 Å². The Labute approximate surface area is 125 Å². The number of nitrogens with one attached hydrogen (secondary N) is 2. The Balaban J connectivity index is 2.04. The summed E-state index contributed by atoms with van der Waals surface area (Å²) in [7, 11) is 0. The maximum absolute atomic E-state index is 11.5. The quantitative estimate of drug-likeness (QED) is 0.857. The highest BCUT2D eigenvalue weighted by atomic mass is 16.1. The second-order valence-corrected chi connectivity index (χ2v) is 4.99. The first-order valence-corrected chi connectivity index (χ1v) is 7.28. The Hall–Kier alpha value is -2.30. The van der Waals surface area contributed by atoms with Crippen molar-refractivity contribution in [1.29, 1.82) is 0 Å². The zero-order valence-corrected chi connectivity index (χ0v) is 12.8. The first kappa shape index (κ1) is 15.1. The number of carbonyl (C=O) groups is 1. The molecule has 1 aromatic carbocycles. The zero-order chi connectivity index (χ0) is 15.2. The number of aryl methyl sites for hydroxylation is 2. The third kappa shape index (κ3) is 4.08. The van der Waals surface area contributed by atoms with Crippen molar-refractivity contribution in [2.45, 2.75) is 40.3 Å². The van der Waals surface area contributed by atoms with Gasteiger partial charge >= 0.3 is 0 Å². The van der Waals surface area contributed by atoms with Gasteiger partial charge in [0.15, 0.2) is 0 Å². The molecule has 0 aliphatic carbocycles. The van der Waals surface area contributed by atoms with Crippen molar-refractivity contribution >= 4 is 17.3 Å². The molecule has 0 spiro atoms. The second kappa shape index (κ2) is 6.92. The summed E-state index contributed by atoms with van der Waals surface area (Å²) < 4.78 is 1.90. The highest BCUT2D eigenvalue weighted by molar-refractivity contribution is 5.91. The highest BCUT2D eigenvalue weighted by Crippen LogP contribution is 2.21. The zero-order valence-electron chi connectivity index (χ0n) is 12.8. The molecule has 21 heavy (non-hydrogen) atoms. The molecule has 0 aliphatic rings. The lowest BCUT2D eigenvalue weighted by molar-refractivity contribution is -0.115. The van der Waals surface area contributed by atoms with E-state index < -0.39 is 0 Å². The number of carbonyl (C=O) groups excluding carboxylic acids is 1. The van der Waals surface area contributed by atoms with E-state index in [2.05, 4.69) is 22.7 Å². The fourth-order valence-corrected chi connectivity index (χ4v) is 2.01. The average Bonchev–Trinajstić information content (AvgIpc) is 2.95. The van der Waals surface area contributed by atoms with Gasteiger partial charge in [-0.25, -0.2) is 0 Å². The molecule has 0 saturated carbocycles. The molecule has 0 atom stereocenters. The number of anilines is 2. The van der Waals surface area contributed by atoms with Gasteiger partial charge in [0.2, 0.25) is 5.91 Å². The van der Waals surface area contributed by atoms with E-state index >= 15 is 0 Å². The van der Waals surface area contributed by atoms with E-state index in [1.54, 1.807) is 0 Å². The van der Waals surface area contributed by atoms with Crippen molar-refractivity contribution in [3.8, 4) is 0 Å². The van der Waals surface area contributed by atoms with Gasteiger partial charge in [-0.2, -0.15) is 5.10 Å². The third-order valence-corrected chi connectivity index (χ3v) is 3.34. The van der Waals surface area contributed by atoms with Gasteiger partial charge in [-0.05, 0) is 31.5 Å². The van der Waals surface area contributed by atoms with Crippen molar-refractivity contribution in [3.63, 3.8) is 0 Å². The number of amides is 1. The van der Waals surface area contributed by atoms with E-state index in [-0.39, 0.29) is 5.91 Å². The van der Waals surface area contributed by atoms with E-state index in [4.69, 9.17) is 0 Å². The maximum atomic E-state index is 11.5. The number of hydrogen-bond donors (Lipinski definition) is 2. The lowest BCUT2D eigenvalue weighted by atomic mass is 10.1. The summed E-state index contributed by atoms with van der Waals surface area (Å²) in [6, 6.07) is 5.89. The van der Waals surface area contributed by atoms with Crippen LogP contribution in [0.5, 0.6) is 0 Å². The summed E-state index contributed by atoms with van der Waals surface area (Å²) in [5.41, 5.74) is 4.12. The molecule has 2 N–H and O–H groups in total. The van der Waals surface area contributed by atoms with Crippen molar-refractivity contribution in [3.05, 3.63) is 41.7 Å². The minimum atomic E-state index is 0.0222. The molecule has 112 valence electrons.